The van der Waals surface area contributed by atoms with Crippen molar-refractivity contribution in [1.82, 2.24) is 4.31 Å². The number of hydrogen-bond donors (Lipinski definition) is 1. The summed E-state index contributed by atoms with van der Waals surface area (Å²) in [5.41, 5.74) is 1.09. The lowest BCUT2D eigenvalue weighted by Crippen LogP contribution is -2.40. The highest BCUT2D eigenvalue weighted by Crippen LogP contribution is 2.38. The Labute approximate surface area is 158 Å². The highest BCUT2D eigenvalue weighted by Gasteiger charge is 2.40. The molecular weight excluding hydrogens is 372 g/mol. The van der Waals surface area contributed by atoms with Crippen LogP contribution in [0.1, 0.15) is 18.9 Å². The third-order valence-electron chi connectivity index (χ3n) is 4.85. The van der Waals surface area contributed by atoms with Crippen LogP contribution >= 0.6 is 0 Å². The maximum Gasteiger partial charge on any atom is 0.309 e. The van der Waals surface area contributed by atoms with Crippen molar-refractivity contribution in [2.24, 2.45) is 11.8 Å². The van der Waals surface area contributed by atoms with Gasteiger partial charge in [0.15, 0.2) is 6.61 Å². The first-order chi connectivity index (χ1) is 12.8. The van der Waals surface area contributed by atoms with E-state index in [2.05, 4.69) is 5.32 Å². The summed E-state index contributed by atoms with van der Waals surface area (Å²) < 4.78 is 37.1. The molecule has 27 heavy (non-hydrogen) atoms. The summed E-state index contributed by atoms with van der Waals surface area (Å²) in [7, 11) is -3.66. The molecule has 0 aromatic heterocycles. The molecule has 0 spiro atoms. The Bertz CT molecular complexity index is 832. The second-order valence-electron chi connectivity index (χ2n) is 6.97. The highest BCUT2D eigenvalue weighted by atomic mass is 32.2. The smallest absolute Gasteiger partial charge is 0.309 e. The molecule has 1 N–H and O–H groups in total. The van der Waals surface area contributed by atoms with Crippen LogP contribution in [0.4, 0.5) is 5.69 Å². The number of carbonyl (C=O) groups is 2. The molecule has 1 heterocycles. The third kappa shape index (κ3) is 4.66. The van der Waals surface area contributed by atoms with Gasteiger partial charge in [-0.05, 0) is 37.0 Å². The number of anilines is 1. The second-order valence-corrected chi connectivity index (χ2v) is 8.91. The van der Waals surface area contributed by atoms with Crippen LogP contribution in [-0.4, -0.2) is 57.5 Å². The largest absolute Gasteiger partial charge is 0.455 e. The number of aryl methyl sites for hydroxylation is 1. The molecule has 1 amide bonds. The van der Waals surface area contributed by atoms with E-state index in [1.807, 2.05) is 6.92 Å². The number of rotatable bonds is 6. The Morgan fingerprint density at radius 3 is 2.59 bits per heavy atom. The first-order valence-corrected chi connectivity index (χ1v) is 10.4. The first kappa shape index (κ1) is 19.8. The Morgan fingerprint density at radius 2 is 1.96 bits per heavy atom. The zero-order chi connectivity index (χ0) is 19.6. The van der Waals surface area contributed by atoms with Gasteiger partial charge in [0.05, 0.1) is 24.0 Å². The number of nitrogens with zero attached hydrogens (tertiary/aromatic N) is 1. The molecule has 0 radical (unpaired) electrons. The van der Waals surface area contributed by atoms with Crippen molar-refractivity contribution in [3.05, 3.63) is 23.8 Å². The van der Waals surface area contributed by atoms with Gasteiger partial charge in [0, 0.05) is 18.8 Å². The third-order valence-corrected chi connectivity index (χ3v) is 6.74. The van der Waals surface area contributed by atoms with Crippen molar-refractivity contribution in [1.29, 1.82) is 0 Å². The minimum atomic E-state index is -3.66. The van der Waals surface area contributed by atoms with Crippen molar-refractivity contribution in [3.63, 3.8) is 0 Å². The van der Waals surface area contributed by atoms with Gasteiger partial charge in [0.2, 0.25) is 10.0 Å². The number of benzene rings is 1. The van der Waals surface area contributed by atoms with Crippen molar-refractivity contribution < 1.29 is 27.5 Å². The van der Waals surface area contributed by atoms with Gasteiger partial charge in [-0.15, -0.1) is 0 Å². The van der Waals surface area contributed by atoms with E-state index >= 15 is 0 Å². The minimum absolute atomic E-state index is 0.106. The molecule has 0 unspecified atom stereocenters. The van der Waals surface area contributed by atoms with E-state index in [-0.39, 0.29) is 23.4 Å². The van der Waals surface area contributed by atoms with Crippen LogP contribution in [-0.2, 0) is 29.1 Å². The summed E-state index contributed by atoms with van der Waals surface area (Å²) >= 11 is 0. The van der Waals surface area contributed by atoms with Crippen LogP contribution < -0.4 is 5.32 Å². The van der Waals surface area contributed by atoms with E-state index in [0.717, 1.165) is 6.42 Å². The number of sulfonamides is 1. The number of hydrogen-bond acceptors (Lipinski definition) is 6. The lowest BCUT2D eigenvalue weighted by molar-refractivity contribution is -0.148. The van der Waals surface area contributed by atoms with Gasteiger partial charge in [-0.1, -0.05) is 13.0 Å². The maximum atomic E-state index is 12.8. The van der Waals surface area contributed by atoms with Gasteiger partial charge in [-0.3, -0.25) is 9.59 Å². The standard InChI is InChI=1S/C18H24N2O6S/c1-12-3-4-14(27(23,24)20-5-7-25-8-6-20)10-16(12)19-17(21)11-26-18(22)15-9-13(15)2/h3-4,10,13,15H,5-9,11H2,1-2H3,(H,19,21)/t13-,15-/m1/s1. The summed E-state index contributed by atoms with van der Waals surface area (Å²) in [4.78, 5) is 23.9. The van der Waals surface area contributed by atoms with Crippen molar-refractivity contribution >= 4 is 27.6 Å². The average molecular weight is 396 g/mol. The summed E-state index contributed by atoms with van der Waals surface area (Å²) in [6.45, 7) is 4.65. The molecule has 148 valence electrons. The number of amides is 1. The Morgan fingerprint density at radius 1 is 1.30 bits per heavy atom. The van der Waals surface area contributed by atoms with Crippen LogP contribution in [0.2, 0.25) is 0 Å². The normalized spacial score (nSPS) is 22.9. The molecule has 0 bridgehead atoms. The van der Waals surface area contributed by atoms with Crippen LogP contribution in [0.3, 0.4) is 0 Å². The molecule has 2 atom stereocenters. The minimum Gasteiger partial charge on any atom is -0.455 e. The molecule has 9 heteroatoms. The van der Waals surface area contributed by atoms with Gasteiger partial charge in [-0.2, -0.15) is 4.31 Å². The molecule has 1 aromatic carbocycles. The number of esters is 1. The highest BCUT2D eigenvalue weighted by molar-refractivity contribution is 7.89. The predicted octanol–water partition coefficient (Wildman–Crippen LogP) is 1.15. The average Bonchev–Trinajstić information content (AvgIpc) is 3.39. The topological polar surface area (TPSA) is 102 Å². The van der Waals surface area contributed by atoms with Crippen LogP contribution in [0.5, 0.6) is 0 Å². The summed E-state index contributed by atoms with van der Waals surface area (Å²) in [6.07, 6.45) is 0.793. The Hall–Kier alpha value is -1.97. The van der Waals surface area contributed by atoms with E-state index in [4.69, 9.17) is 9.47 Å². The Kier molecular flexibility index (Phi) is 5.83. The molecule has 1 aliphatic heterocycles. The second kappa shape index (κ2) is 7.95. The van der Waals surface area contributed by atoms with Gasteiger partial charge in [-0.25, -0.2) is 8.42 Å². The lowest BCUT2D eigenvalue weighted by atomic mass is 10.2. The van der Waals surface area contributed by atoms with E-state index in [9.17, 15) is 18.0 Å². The fourth-order valence-corrected chi connectivity index (χ4v) is 4.35. The van der Waals surface area contributed by atoms with Crippen LogP contribution in [0, 0.1) is 18.8 Å². The van der Waals surface area contributed by atoms with Crippen molar-refractivity contribution in [2.75, 3.05) is 38.2 Å². The van der Waals surface area contributed by atoms with Gasteiger partial charge < -0.3 is 14.8 Å². The lowest BCUT2D eigenvalue weighted by Gasteiger charge is -2.26. The quantitative estimate of drug-likeness (QED) is 0.724. The fourth-order valence-electron chi connectivity index (χ4n) is 2.91. The van der Waals surface area contributed by atoms with Crippen molar-refractivity contribution in [3.8, 4) is 0 Å². The molecular formula is C18H24N2O6S. The van der Waals surface area contributed by atoms with E-state index in [0.29, 0.717) is 43.5 Å². The zero-order valence-corrected chi connectivity index (χ0v) is 16.3. The fraction of sp³-hybridized carbons (Fsp3) is 0.556. The van der Waals surface area contributed by atoms with E-state index in [1.165, 1.54) is 16.4 Å². The number of ether oxygens (including phenoxy) is 2. The maximum absolute atomic E-state index is 12.8. The van der Waals surface area contributed by atoms with E-state index < -0.39 is 15.9 Å². The van der Waals surface area contributed by atoms with Gasteiger partial charge in [0.1, 0.15) is 0 Å². The van der Waals surface area contributed by atoms with Crippen LogP contribution in [0.15, 0.2) is 23.1 Å². The predicted molar refractivity (Wildman–Crippen MR) is 97.6 cm³/mol. The number of carbonyl (C=O) groups excluding carboxylic acids is 2. The van der Waals surface area contributed by atoms with Crippen molar-refractivity contribution in [2.45, 2.75) is 25.2 Å². The monoisotopic (exact) mass is 396 g/mol. The summed E-state index contributed by atoms with van der Waals surface area (Å²) in [5, 5.41) is 2.63. The molecule has 1 aromatic rings. The first-order valence-electron chi connectivity index (χ1n) is 8.94. The molecule has 2 fully saturated rings. The van der Waals surface area contributed by atoms with Crippen LogP contribution in [0.25, 0.3) is 0 Å². The Balaban J connectivity index is 1.66. The molecule has 8 nitrogen and oxygen atoms in total. The molecule has 1 saturated carbocycles. The molecule has 2 aliphatic rings. The van der Waals surface area contributed by atoms with Gasteiger partial charge in [0.25, 0.3) is 5.91 Å². The molecule has 1 saturated heterocycles. The molecule has 1 aliphatic carbocycles. The summed E-state index contributed by atoms with van der Waals surface area (Å²) in [6, 6.07) is 4.59. The zero-order valence-electron chi connectivity index (χ0n) is 15.4. The molecule has 3 rings (SSSR count). The summed E-state index contributed by atoms with van der Waals surface area (Å²) in [5.74, 6) is -0.662. The SMILES string of the molecule is Cc1ccc(S(=O)(=O)N2CCOCC2)cc1NC(=O)COC(=O)[C@@H]1C[C@H]1C. The van der Waals surface area contributed by atoms with Gasteiger partial charge >= 0.3 is 5.97 Å². The number of nitrogens with one attached hydrogen (secondary N) is 1. The number of morpholine rings is 1. The van der Waals surface area contributed by atoms with E-state index in [1.54, 1.807) is 13.0 Å².